The van der Waals surface area contributed by atoms with Crippen molar-refractivity contribution in [2.45, 2.75) is 84.6 Å². The lowest BCUT2D eigenvalue weighted by Crippen LogP contribution is -2.45. The van der Waals surface area contributed by atoms with E-state index in [0.29, 0.717) is 48.5 Å². The van der Waals surface area contributed by atoms with Crippen molar-refractivity contribution >= 4 is 22.7 Å². The first-order chi connectivity index (χ1) is 15.7. The average molecular weight is 483 g/mol. The van der Waals surface area contributed by atoms with E-state index in [1.165, 1.54) is 17.8 Å². The number of nitrogens with one attached hydrogen (secondary N) is 1. The third-order valence-corrected chi connectivity index (χ3v) is 6.75. The van der Waals surface area contributed by atoms with Crippen molar-refractivity contribution in [1.82, 2.24) is 5.32 Å². The predicted molar refractivity (Wildman–Crippen MR) is 131 cm³/mol. The molecule has 0 aliphatic carbocycles. The summed E-state index contributed by atoms with van der Waals surface area (Å²) in [6, 6.07) is 2.56. The zero-order valence-corrected chi connectivity index (χ0v) is 21.5. The second-order valence-electron chi connectivity index (χ2n) is 8.32. The summed E-state index contributed by atoms with van der Waals surface area (Å²) < 4.78 is 22.8. The molecule has 33 heavy (non-hydrogen) atoms. The Balaban J connectivity index is 2.23. The van der Waals surface area contributed by atoms with E-state index in [-0.39, 0.29) is 5.91 Å². The van der Waals surface area contributed by atoms with Gasteiger partial charge in [0.2, 0.25) is 11.7 Å². The number of ether oxygens (including phenoxy) is 3. The third kappa shape index (κ3) is 7.32. The Bertz CT molecular complexity index is 865. The van der Waals surface area contributed by atoms with Crippen LogP contribution in [0.1, 0.15) is 79.0 Å². The number of thioether (sulfide) groups is 1. The van der Waals surface area contributed by atoms with Crippen LogP contribution in [-0.2, 0) is 14.3 Å². The van der Waals surface area contributed by atoms with Crippen LogP contribution in [0, 0.1) is 0 Å². The van der Waals surface area contributed by atoms with Crippen LogP contribution in [-0.4, -0.2) is 47.9 Å². The topological polar surface area (TPSA) is 99.4 Å². The minimum Gasteiger partial charge on any atom is -0.493 e. The summed E-state index contributed by atoms with van der Waals surface area (Å²) in [5, 5.41) is 3.69. The summed E-state index contributed by atoms with van der Waals surface area (Å²) in [6.45, 7) is 13.0. The molecule has 9 heteroatoms. The molecule has 2 atom stereocenters. The van der Waals surface area contributed by atoms with E-state index >= 15 is 0 Å². The molecule has 0 saturated heterocycles. The van der Waals surface area contributed by atoms with Crippen LogP contribution in [0.4, 0.5) is 0 Å². The largest absolute Gasteiger partial charge is 0.493 e. The van der Waals surface area contributed by atoms with E-state index in [1.807, 2.05) is 27.7 Å². The van der Waals surface area contributed by atoms with Gasteiger partial charge in [0, 0.05) is 25.0 Å². The molecule has 1 aromatic rings. The maximum absolute atomic E-state index is 13.3. The molecule has 8 nitrogen and oxygen atoms in total. The first-order valence-electron chi connectivity index (χ1n) is 11.8. The van der Waals surface area contributed by atoms with Crippen LogP contribution in [0.25, 0.3) is 0 Å². The Morgan fingerprint density at radius 3 is 2.55 bits per heavy atom. The van der Waals surface area contributed by atoms with Gasteiger partial charge in [0.15, 0.2) is 0 Å². The lowest BCUT2D eigenvalue weighted by molar-refractivity contribution is -0.169. The molecular weight excluding hydrogens is 444 g/mol. The number of hydrogen-bond acceptors (Lipinski definition) is 8. The molecule has 1 amide bonds. The Labute approximate surface area is 200 Å². The van der Waals surface area contributed by atoms with Gasteiger partial charge in [-0.05, 0) is 40.5 Å². The van der Waals surface area contributed by atoms with Crippen LogP contribution in [0.15, 0.2) is 26.3 Å². The third-order valence-electron chi connectivity index (χ3n) is 5.31. The van der Waals surface area contributed by atoms with Crippen LogP contribution in [0.2, 0.25) is 0 Å². The summed E-state index contributed by atoms with van der Waals surface area (Å²) in [5.74, 6) is 0.0887. The zero-order valence-electron chi connectivity index (χ0n) is 20.7. The second kappa shape index (κ2) is 12.6. The van der Waals surface area contributed by atoms with Gasteiger partial charge in [-0.2, -0.15) is 0 Å². The van der Waals surface area contributed by atoms with E-state index in [0.717, 1.165) is 19.3 Å². The van der Waals surface area contributed by atoms with Gasteiger partial charge in [0.25, 0.3) is 0 Å². The van der Waals surface area contributed by atoms with Crippen LogP contribution in [0.5, 0.6) is 5.75 Å². The normalized spacial score (nSPS) is 19.3. The molecular formula is C24H38N2O6S. The second-order valence-corrected chi connectivity index (χ2v) is 9.29. The minimum absolute atomic E-state index is 0.237. The number of unbranched alkanes of at least 4 members (excludes halogenated alkanes) is 1. The molecule has 2 heterocycles. The highest BCUT2D eigenvalue weighted by Gasteiger charge is 2.45. The summed E-state index contributed by atoms with van der Waals surface area (Å²) in [7, 11) is 0. The van der Waals surface area contributed by atoms with Crippen LogP contribution < -0.4 is 15.7 Å². The van der Waals surface area contributed by atoms with E-state index in [1.54, 1.807) is 13.0 Å². The van der Waals surface area contributed by atoms with Gasteiger partial charge >= 0.3 is 5.63 Å². The van der Waals surface area contributed by atoms with Crippen molar-refractivity contribution in [2.75, 3.05) is 25.6 Å². The number of carbonyl (C=O) groups is 1. The molecule has 0 radical (unpaired) electrons. The van der Waals surface area contributed by atoms with Crippen molar-refractivity contribution in [3.8, 4) is 5.75 Å². The molecule has 0 bridgehead atoms. The van der Waals surface area contributed by atoms with Crippen molar-refractivity contribution < 1.29 is 23.4 Å². The lowest BCUT2D eigenvalue weighted by atomic mass is 10.0. The number of nitrogens with zero attached hydrogens (tertiary/aromatic N) is 1. The summed E-state index contributed by atoms with van der Waals surface area (Å²) >= 11 is 1.46. The Morgan fingerprint density at radius 1 is 1.24 bits per heavy atom. The first kappa shape index (κ1) is 27.4. The van der Waals surface area contributed by atoms with Crippen molar-refractivity contribution in [3.63, 3.8) is 0 Å². The predicted octanol–water partition coefficient (Wildman–Crippen LogP) is 4.47. The molecule has 2 rings (SSSR count). The fourth-order valence-corrected chi connectivity index (χ4v) is 4.77. The standard InChI is InChI=1S/C24H38N2O6S/c1-7-11-13-29-17-14-19(32-20(27)15-17)18(12-8-2)25-21(28)23(5)16-33-22(26-23)24(6,30-9-3)31-10-4/h14-15,18H,7-13,16H2,1-6H3,(H,25,28)/t18-,23+/m1/s1. The van der Waals surface area contributed by atoms with Gasteiger partial charge in [-0.15, -0.1) is 11.8 Å². The fourth-order valence-electron chi connectivity index (χ4n) is 3.51. The smallest absolute Gasteiger partial charge is 0.339 e. The van der Waals surface area contributed by atoms with Crippen molar-refractivity contribution in [3.05, 3.63) is 28.3 Å². The Hall–Kier alpha value is -1.84. The van der Waals surface area contributed by atoms with Gasteiger partial charge in [0.05, 0.1) is 18.7 Å². The highest BCUT2D eigenvalue weighted by Crippen LogP contribution is 2.36. The molecule has 0 aromatic carbocycles. The molecule has 0 unspecified atom stereocenters. The number of hydrogen-bond donors (Lipinski definition) is 1. The SMILES string of the molecule is CCCCOc1cc([C@@H](CCC)NC(=O)[C@]2(C)CSC(C(C)(OCC)OCC)=N2)oc(=O)c1. The van der Waals surface area contributed by atoms with E-state index < -0.39 is 23.0 Å². The first-order valence-corrected chi connectivity index (χ1v) is 12.8. The molecule has 1 aliphatic rings. The molecule has 0 spiro atoms. The molecule has 1 aliphatic heterocycles. The van der Waals surface area contributed by atoms with Gasteiger partial charge in [-0.25, -0.2) is 4.79 Å². The molecule has 0 saturated carbocycles. The summed E-state index contributed by atoms with van der Waals surface area (Å²) in [6.07, 6.45) is 3.29. The maximum atomic E-state index is 13.3. The van der Waals surface area contributed by atoms with Crippen molar-refractivity contribution in [2.24, 2.45) is 4.99 Å². The Morgan fingerprint density at radius 2 is 1.94 bits per heavy atom. The van der Waals surface area contributed by atoms with Gasteiger partial charge in [0.1, 0.15) is 22.1 Å². The van der Waals surface area contributed by atoms with Crippen LogP contribution >= 0.6 is 11.8 Å². The lowest BCUT2D eigenvalue weighted by Gasteiger charge is -2.28. The average Bonchev–Trinajstić information content (AvgIpc) is 3.18. The summed E-state index contributed by atoms with van der Waals surface area (Å²) in [4.78, 5) is 30.2. The molecule has 186 valence electrons. The van der Waals surface area contributed by atoms with Gasteiger partial charge < -0.3 is 23.9 Å². The van der Waals surface area contributed by atoms with Crippen molar-refractivity contribution in [1.29, 1.82) is 0 Å². The maximum Gasteiger partial charge on any atom is 0.339 e. The number of amides is 1. The van der Waals surface area contributed by atoms with Gasteiger partial charge in [-0.3, -0.25) is 9.79 Å². The monoisotopic (exact) mass is 482 g/mol. The van der Waals surface area contributed by atoms with E-state index in [9.17, 15) is 9.59 Å². The molecule has 1 N–H and O–H groups in total. The number of aliphatic imine (C=N–C) groups is 1. The van der Waals surface area contributed by atoms with E-state index in [4.69, 9.17) is 23.6 Å². The molecule has 0 fully saturated rings. The molecule has 1 aromatic heterocycles. The van der Waals surface area contributed by atoms with Crippen LogP contribution in [0.3, 0.4) is 0 Å². The fraction of sp³-hybridized carbons (Fsp3) is 0.708. The highest BCUT2D eigenvalue weighted by atomic mass is 32.2. The zero-order chi connectivity index (χ0) is 24.5. The number of rotatable bonds is 14. The Kier molecular flexibility index (Phi) is 10.4. The summed E-state index contributed by atoms with van der Waals surface area (Å²) in [5.41, 5.74) is -1.49. The van der Waals surface area contributed by atoms with Gasteiger partial charge in [-0.1, -0.05) is 26.7 Å². The quantitative estimate of drug-likeness (QED) is 0.308. The van der Waals surface area contributed by atoms with E-state index in [2.05, 4.69) is 12.2 Å². The number of carbonyl (C=O) groups excluding carboxylic acids is 1. The minimum atomic E-state index is -0.989. The highest BCUT2D eigenvalue weighted by molar-refractivity contribution is 8.14.